The van der Waals surface area contributed by atoms with E-state index in [1.54, 1.807) is 31.5 Å². The number of aromatic nitrogens is 2. The van der Waals surface area contributed by atoms with E-state index >= 15 is 0 Å². The molecule has 10 nitrogen and oxygen atoms in total. The molecule has 2 aromatic carbocycles. The summed E-state index contributed by atoms with van der Waals surface area (Å²) >= 11 is 6.37. The smallest absolute Gasteiger partial charge is 0.252 e. The topological polar surface area (TPSA) is 129 Å². The minimum absolute atomic E-state index is 0.231. The molecule has 2 heterocycles. The van der Waals surface area contributed by atoms with Gasteiger partial charge in [-0.2, -0.15) is 4.98 Å². The second-order valence-corrected chi connectivity index (χ2v) is 13.2. The van der Waals surface area contributed by atoms with Gasteiger partial charge in [-0.15, -0.1) is 0 Å². The zero-order chi connectivity index (χ0) is 28.2. The van der Waals surface area contributed by atoms with Crippen molar-refractivity contribution in [1.82, 2.24) is 14.9 Å². The number of halogens is 1. The first-order valence-electron chi connectivity index (χ1n) is 12.3. The fourth-order valence-corrected chi connectivity index (χ4v) is 5.51. The van der Waals surface area contributed by atoms with Crippen LogP contribution in [0.2, 0.25) is 5.02 Å². The lowest BCUT2D eigenvalue weighted by Crippen LogP contribution is -2.28. The van der Waals surface area contributed by atoms with Crippen LogP contribution in [0.3, 0.4) is 0 Å². The lowest BCUT2D eigenvalue weighted by Gasteiger charge is -2.17. The highest BCUT2D eigenvalue weighted by Gasteiger charge is 2.22. The SMILES string of the molecule is C=C(CN1CCC(O)C1)C(=O)Nc1ccc(OC)c(Nc2ncc(Cl)c(Nc3ccccc3P(C)(C)=O)n2)c1. The van der Waals surface area contributed by atoms with Crippen molar-refractivity contribution in [2.75, 3.05) is 56.0 Å². The Balaban J connectivity index is 1.51. The number of aliphatic hydroxyl groups is 1. The van der Waals surface area contributed by atoms with Gasteiger partial charge in [-0.3, -0.25) is 9.69 Å². The van der Waals surface area contributed by atoms with Gasteiger partial charge in [-0.05, 0) is 50.1 Å². The molecule has 1 aliphatic heterocycles. The van der Waals surface area contributed by atoms with Crippen LogP contribution in [0.15, 0.2) is 60.8 Å². The number of hydrogen-bond donors (Lipinski definition) is 4. The molecule has 1 aliphatic rings. The average Bonchev–Trinajstić information content (AvgIpc) is 3.30. The molecule has 4 N–H and O–H groups in total. The number of nitrogens with one attached hydrogen (secondary N) is 3. The second kappa shape index (κ2) is 12.2. The third-order valence-corrected chi connectivity index (χ3v) is 8.00. The number of methoxy groups -OCH3 is 1. The van der Waals surface area contributed by atoms with Crippen molar-refractivity contribution in [3.8, 4) is 5.75 Å². The molecular weight excluding hydrogens is 539 g/mol. The van der Waals surface area contributed by atoms with Crippen molar-refractivity contribution in [2.45, 2.75) is 12.5 Å². The van der Waals surface area contributed by atoms with Crippen molar-refractivity contribution in [3.05, 3.63) is 65.8 Å². The zero-order valence-corrected chi connectivity index (χ0v) is 23.7. The number of carbonyl (C=O) groups excluding carboxylic acids is 1. The van der Waals surface area contributed by atoms with E-state index in [-0.39, 0.29) is 23.0 Å². The first-order chi connectivity index (χ1) is 18.5. The van der Waals surface area contributed by atoms with Crippen LogP contribution in [0, 0.1) is 0 Å². The van der Waals surface area contributed by atoms with Crippen LogP contribution in [0.5, 0.6) is 5.75 Å². The number of anilines is 5. The van der Waals surface area contributed by atoms with Gasteiger partial charge in [0, 0.05) is 36.2 Å². The maximum Gasteiger partial charge on any atom is 0.252 e. The molecule has 0 radical (unpaired) electrons. The molecule has 12 heteroatoms. The molecule has 1 saturated heterocycles. The number of aliphatic hydroxyl groups excluding tert-OH is 1. The Morgan fingerprint density at radius 2 is 2.00 bits per heavy atom. The molecule has 1 fully saturated rings. The third-order valence-electron chi connectivity index (χ3n) is 6.17. The molecular formula is C27H32ClN6O4P. The molecule has 206 valence electrons. The largest absolute Gasteiger partial charge is 0.495 e. The Kier molecular flexibility index (Phi) is 8.92. The second-order valence-electron chi connectivity index (χ2n) is 9.66. The predicted octanol–water partition coefficient (Wildman–Crippen LogP) is 4.44. The lowest BCUT2D eigenvalue weighted by molar-refractivity contribution is -0.113. The van der Waals surface area contributed by atoms with Gasteiger partial charge < -0.3 is 30.4 Å². The molecule has 0 aliphatic carbocycles. The molecule has 1 aromatic heterocycles. The molecule has 1 amide bonds. The van der Waals surface area contributed by atoms with Crippen LogP contribution in [0.25, 0.3) is 0 Å². The van der Waals surface area contributed by atoms with Crippen LogP contribution in [-0.2, 0) is 9.36 Å². The Bertz CT molecular complexity index is 1430. The summed E-state index contributed by atoms with van der Waals surface area (Å²) in [6, 6.07) is 12.4. The van der Waals surface area contributed by atoms with E-state index in [4.69, 9.17) is 16.3 Å². The quantitative estimate of drug-likeness (QED) is 0.207. The molecule has 4 rings (SSSR count). The maximum atomic E-state index is 12.8. The van der Waals surface area contributed by atoms with Crippen molar-refractivity contribution in [2.24, 2.45) is 0 Å². The highest BCUT2D eigenvalue weighted by atomic mass is 35.5. The summed E-state index contributed by atoms with van der Waals surface area (Å²) in [5, 5.41) is 19.8. The first-order valence-corrected chi connectivity index (χ1v) is 15.3. The monoisotopic (exact) mass is 570 g/mol. The van der Waals surface area contributed by atoms with Crippen LogP contribution < -0.4 is 26.0 Å². The normalized spacial score (nSPS) is 15.6. The van der Waals surface area contributed by atoms with Gasteiger partial charge in [-0.1, -0.05) is 30.3 Å². The van der Waals surface area contributed by atoms with E-state index in [0.29, 0.717) is 59.0 Å². The molecule has 39 heavy (non-hydrogen) atoms. The molecule has 0 spiro atoms. The van der Waals surface area contributed by atoms with E-state index in [1.165, 1.54) is 13.3 Å². The number of amides is 1. The van der Waals surface area contributed by atoms with Crippen LogP contribution in [-0.4, -0.2) is 72.1 Å². The van der Waals surface area contributed by atoms with Gasteiger partial charge in [0.2, 0.25) is 5.95 Å². The summed E-state index contributed by atoms with van der Waals surface area (Å²) in [7, 11) is -1.02. The summed E-state index contributed by atoms with van der Waals surface area (Å²) in [6.07, 6.45) is 1.78. The van der Waals surface area contributed by atoms with Crippen molar-refractivity contribution in [3.63, 3.8) is 0 Å². The summed E-state index contributed by atoms with van der Waals surface area (Å²) in [5.74, 6) is 0.759. The van der Waals surface area contributed by atoms with Gasteiger partial charge in [0.25, 0.3) is 5.91 Å². The summed E-state index contributed by atoms with van der Waals surface area (Å²) in [6.45, 7) is 8.94. The standard InChI is InChI=1S/C27H32ClN6O4P/c1-17(15-34-12-11-19(35)16-34)26(36)30-18-9-10-23(38-2)22(13-18)32-27-29-14-20(28)25(33-27)31-21-7-5-6-8-24(21)39(3,4)37/h5-10,13-14,19,35H,1,11-12,15-16H2,2-4H3,(H,30,36)(H2,29,31,32,33). The highest BCUT2D eigenvalue weighted by Crippen LogP contribution is 2.39. The summed E-state index contributed by atoms with van der Waals surface area (Å²) in [5.41, 5.74) is 2.08. The number of likely N-dealkylation sites (tertiary alicyclic amines) is 1. The van der Waals surface area contributed by atoms with Gasteiger partial charge in [-0.25, -0.2) is 4.98 Å². The Hall–Kier alpha value is -3.43. The van der Waals surface area contributed by atoms with Gasteiger partial charge >= 0.3 is 0 Å². The minimum Gasteiger partial charge on any atom is -0.495 e. The molecule has 1 unspecified atom stereocenters. The van der Waals surface area contributed by atoms with Crippen LogP contribution >= 0.6 is 18.7 Å². The number of rotatable bonds is 10. The highest BCUT2D eigenvalue weighted by molar-refractivity contribution is 7.70. The number of benzene rings is 2. The van der Waals surface area contributed by atoms with Crippen LogP contribution in [0.4, 0.5) is 28.8 Å². The number of para-hydroxylation sites is 1. The number of carbonyl (C=O) groups is 1. The van der Waals surface area contributed by atoms with E-state index in [2.05, 4.69) is 32.5 Å². The third kappa shape index (κ3) is 7.36. The van der Waals surface area contributed by atoms with E-state index in [0.717, 1.165) is 6.54 Å². The predicted molar refractivity (Wildman–Crippen MR) is 157 cm³/mol. The lowest BCUT2D eigenvalue weighted by atomic mass is 10.2. The van der Waals surface area contributed by atoms with Crippen LogP contribution in [0.1, 0.15) is 6.42 Å². The molecule has 3 aromatic rings. The Morgan fingerprint density at radius 3 is 2.69 bits per heavy atom. The number of nitrogens with zero attached hydrogens (tertiary/aromatic N) is 3. The van der Waals surface area contributed by atoms with E-state index < -0.39 is 7.14 Å². The van der Waals surface area contributed by atoms with Gasteiger partial charge in [0.05, 0.1) is 30.8 Å². The van der Waals surface area contributed by atoms with E-state index in [1.807, 2.05) is 29.2 Å². The summed E-state index contributed by atoms with van der Waals surface area (Å²) < 4.78 is 18.2. The number of β-amino-alcohol motifs (C(OH)–C–C–N with tert-alkyl or cyclic N) is 1. The zero-order valence-electron chi connectivity index (χ0n) is 22.1. The van der Waals surface area contributed by atoms with E-state index in [9.17, 15) is 14.5 Å². The van der Waals surface area contributed by atoms with Gasteiger partial charge in [0.15, 0.2) is 5.82 Å². The molecule has 0 bridgehead atoms. The fraction of sp³-hybridized carbons (Fsp3) is 0.296. The summed E-state index contributed by atoms with van der Waals surface area (Å²) in [4.78, 5) is 23.5. The molecule has 0 saturated carbocycles. The molecule has 1 atom stereocenters. The Labute approximate surface area is 232 Å². The number of hydrogen-bond acceptors (Lipinski definition) is 9. The van der Waals surface area contributed by atoms with Crippen molar-refractivity contribution >= 4 is 58.8 Å². The van der Waals surface area contributed by atoms with Crippen molar-refractivity contribution < 1.29 is 19.2 Å². The fourth-order valence-electron chi connectivity index (χ4n) is 4.21. The first kappa shape index (κ1) is 28.6. The van der Waals surface area contributed by atoms with Gasteiger partial charge in [0.1, 0.15) is 17.9 Å². The minimum atomic E-state index is -2.56. The maximum absolute atomic E-state index is 12.8. The van der Waals surface area contributed by atoms with Crippen molar-refractivity contribution in [1.29, 1.82) is 0 Å². The Morgan fingerprint density at radius 1 is 1.23 bits per heavy atom. The number of ether oxygens (including phenoxy) is 1. The average molecular weight is 571 g/mol.